The van der Waals surface area contributed by atoms with Crippen LogP contribution in [0.2, 0.25) is 0 Å². The van der Waals surface area contributed by atoms with Crippen molar-refractivity contribution in [1.29, 1.82) is 0 Å². The Labute approximate surface area is 157 Å². The number of nitro groups is 1. The van der Waals surface area contributed by atoms with E-state index in [1.54, 1.807) is 0 Å². The summed E-state index contributed by atoms with van der Waals surface area (Å²) in [5.74, 6) is -0.407. The Morgan fingerprint density at radius 2 is 1.81 bits per heavy atom. The van der Waals surface area contributed by atoms with E-state index in [9.17, 15) is 14.9 Å². The number of carbonyl (C=O) groups is 1. The molecule has 2 aliphatic carbocycles. The summed E-state index contributed by atoms with van der Waals surface area (Å²) >= 11 is 0. The fourth-order valence-electron chi connectivity index (χ4n) is 4.56. The Hall–Kier alpha value is -2.95. The Morgan fingerprint density at radius 3 is 2.52 bits per heavy atom. The zero-order valence-corrected chi connectivity index (χ0v) is 15.0. The van der Waals surface area contributed by atoms with Crippen LogP contribution >= 0.6 is 0 Å². The summed E-state index contributed by atoms with van der Waals surface area (Å²) in [6.07, 6.45) is 7.02. The monoisotopic (exact) mass is 363 g/mol. The molecule has 0 N–H and O–H groups in total. The highest BCUT2D eigenvalue weighted by atomic mass is 16.6. The molecule has 2 aliphatic rings. The standard InChI is InChI=1S/C22H21NO4/c24-21(17-10-12-18(13-11-17)23(25)26)27-20-9-5-15-22(20)14-4-8-19(22)16-6-2-1-3-7-16/h1-3,6-8,10-13,20H,4-5,9,14-15H2/t20-,22-/m0/s1. The van der Waals surface area contributed by atoms with E-state index < -0.39 is 10.9 Å². The average Bonchev–Trinajstić information content (AvgIpc) is 3.30. The van der Waals surface area contributed by atoms with Gasteiger partial charge in [0.05, 0.1) is 10.5 Å². The van der Waals surface area contributed by atoms with Crippen molar-refractivity contribution < 1.29 is 14.5 Å². The van der Waals surface area contributed by atoms with E-state index in [-0.39, 0.29) is 17.2 Å². The van der Waals surface area contributed by atoms with Crippen LogP contribution in [0, 0.1) is 15.5 Å². The molecule has 1 fully saturated rings. The zero-order valence-electron chi connectivity index (χ0n) is 15.0. The number of allylic oxidation sites excluding steroid dienone is 1. The van der Waals surface area contributed by atoms with Crippen LogP contribution in [0.15, 0.2) is 60.7 Å². The molecule has 0 aliphatic heterocycles. The van der Waals surface area contributed by atoms with Crippen molar-refractivity contribution in [2.75, 3.05) is 0 Å². The lowest BCUT2D eigenvalue weighted by Crippen LogP contribution is -2.33. The van der Waals surface area contributed by atoms with Gasteiger partial charge >= 0.3 is 5.97 Å². The molecule has 0 bridgehead atoms. The molecule has 0 heterocycles. The van der Waals surface area contributed by atoms with E-state index in [4.69, 9.17) is 4.74 Å². The van der Waals surface area contributed by atoms with E-state index in [1.165, 1.54) is 35.4 Å². The molecule has 2 atom stereocenters. The Balaban J connectivity index is 1.56. The molecule has 5 nitrogen and oxygen atoms in total. The zero-order chi connectivity index (χ0) is 18.9. The van der Waals surface area contributed by atoms with Gasteiger partial charge in [0.2, 0.25) is 0 Å². The normalized spacial score (nSPS) is 24.0. The summed E-state index contributed by atoms with van der Waals surface area (Å²) in [7, 11) is 0. The van der Waals surface area contributed by atoms with Crippen molar-refractivity contribution in [3.05, 3.63) is 81.9 Å². The molecule has 0 unspecified atom stereocenters. The largest absolute Gasteiger partial charge is 0.458 e. The fourth-order valence-corrected chi connectivity index (χ4v) is 4.56. The summed E-state index contributed by atoms with van der Waals surface area (Å²) in [6.45, 7) is 0. The number of benzene rings is 2. The molecule has 0 aromatic heterocycles. The van der Waals surface area contributed by atoms with Gasteiger partial charge < -0.3 is 4.74 Å². The van der Waals surface area contributed by atoms with E-state index >= 15 is 0 Å². The average molecular weight is 363 g/mol. The van der Waals surface area contributed by atoms with Crippen LogP contribution in [-0.2, 0) is 4.74 Å². The SMILES string of the molecule is O=C(O[C@H]1CCC[C@]12CCC=C2c1ccccc1)c1ccc([N+](=O)[O-])cc1. The van der Waals surface area contributed by atoms with Gasteiger partial charge in [0.25, 0.3) is 5.69 Å². The van der Waals surface area contributed by atoms with Gasteiger partial charge in [-0.25, -0.2) is 4.79 Å². The lowest BCUT2D eigenvalue weighted by Gasteiger charge is -2.34. The lowest BCUT2D eigenvalue weighted by molar-refractivity contribution is -0.384. The third-order valence-corrected chi connectivity index (χ3v) is 5.83. The molecule has 0 amide bonds. The first-order chi connectivity index (χ1) is 13.1. The summed E-state index contributed by atoms with van der Waals surface area (Å²) in [6, 6.07) is 15.9. The van der Waals surface area contributed by atoms with Gasteiger partial charge in [-0.2, -0.15) is 0 Å². The van der Waals surface area contributed by atoms with Crippen LogP contribution in [0.4, 0.5) is 5.69 Å². The summed E-state index contributed by atoms with van der Waals surface area (Å²) < 4.78 is 5.94. The third-order valence-electron chi connectivity index (χ3n) is 5.83. The number of nitrogens with zero attached hydrogens (tertiary/aromatic N) is 1. The maximum Gasteiger partial charge on any atom is 0.338 e. The second-order valence-electron chi connectivity index (χ2n) is 7.27. The fraction of sp³-hybridized carbons (Fsp3) is 0.318. The predicted molar refractivity (Wildman–Crippen MR) is 102 cm³/mol. The van der Waals surface area contributed by atoms with Crippen LogP contribution in [0.1, 0.15) is 48.0 Å². The highest BCUT2D eigenvalue weighted by Crippen LogP contribution is 2.56. The minimum Gasteiger partial charge on any atom is -0.458 e. The molecule has 2 aromatic carbocycles. The van der Waals surface area contributed by atoms with E-state index in [2.05, 4.69) is 18.2 Å². The summed E-state index contributed by atoms with van der Waals surface area (Å²) in [5.41, 5.74) is 2.70. The molecule has 1 saturated carbocycles. The van der Waals surface area contributed by atoms with Crippen molar-refractivity contribution in [1.82, 2.24) is 0 Å². The van der Waals surface area contributed by atoms with Crippen molar-refractivity contribution in [3.8, 4) is 0 Å². The Morgan fingerprint density at radius 1 is 1.07 bits per heavy atom. The molecular weight excluding hydrogens is 342 g/mol. The van der Waals surface area contributed by atoms with Crippen LogP contribution in [0.5, 0.6) is 0 Å². The van der Waals surface area contributed by atoms with Gasteiger partial charge in [-0.05, 0) is 55.4 Å². The van der Waals surface area contributed by atoms with Gasteiger partial charge in [0.1, 0.15) is 6.10 Å². The molecule has 138 valence electrons. The van der Waals surface area contributed by atoms with Gasteiger partial charge in [-0.15, -0.1) is 0 Å². The highest BCUT2D eigenvalue weighted by molar-refractivity contribution is 5.90. The summed E-state index contributed by atoms with van der Waals surface area (Å²) in [4.78, 5) is 23.0. The second-order valence-corrected chi connectivity index (χ2v) is 7.27. The number of carbonyl (C=O) groups excluding carboxylic acids is 1. The maximum absolute atomic E-state index is 12.7. The quantitative estimate of drug-likeness (QED) is 0.427. The number of ether oxygens (including phenoxy) is 1. The third kappa shape index (κ3) is 3.14. The number of non-ortho nitro benzene ring substituents is 1. The highest BCUT2D eigenvalue weighted by Gasteiger charge is 2.49. The predicted octanol–water partition coefficient (Wildman–Crippen LogP) is 5.17. The van der Waals surface area contributed by atoms with Gasteiger partial charge in [-0.3, -0.25) is 10.1 Å². The van der Waals surface area contributed by atoms with Crippen LogP contribution in [-0.4, -0.2) is 17.0 Å². The van der Waals surface area contributed by atoms with Crippen molar-refractivity contribution in [2.45, 2.75) is 38.2 Å². The molecule has 4 rings (SSSR count). The molecule has 0 radical (unpaired) electrons. The Kier molecular flexibility index (Phi) is 4.52. The molecule has 2 aromatic rings. The number of esters is 1. The van der Waals surface area contributed by atoms with E-state index in [1.807, 2.05) is 18.2 Å². The molecule has 1 spiro atoms. The van der Waals surface area contributed by atoms with Crippen LogP contribution in [0.25, 0.3) is 5.57 Å². The number of hydrogen-bond acceptors (Lipinski definition) is 4. The topological polar surface area (TPSA) is 69.4 Å². The van der Waals surface area contributed by atoms with Gasteiger partial charge in [0, 0.05) is 17.5 Å². The minimum absolute atomic E-state index is 0.0334. The first-order valence-corrected chi connectivity index (χ1v) is 9.32. The van der Waals surface area contributed by atoms with E-state index in [0.29, 0.717) is 5.56 Å². The van der Waals surface area contributed by atoms with Crippen molar-refractivity contribution in [3.63, 3.8) is 0 Å². The molecular formula is C22H21NO4. The Bertz CT molecular complexity index is 888. The van der Waals surface area contributed by atoms with Crippen molar-refractivity contribution >= 4 is 17.2 Å². The first kappa shape index (κ1) is 17.5. The van der Waals surface area contributed by atoms with Gasteiger partial charge in [0.15, 0.2) is 0 Å². The minimum atomic E-state index is -0.476. The smallest absolute Gasteiger partial charge is 0.338 e. The van der Waals surface area contributed by atoms with Crippen molar-refractivity contribution in [2.24, 2.45) is 5.41 Å². The van der Waals surface area contributed by atoms with Crippen LogP contribution in [0.3, 0.4) is 0 Å². The molecule has 0 saturated heterocycles. The number of hydrogen-bond donors (Lipinski definition) is 0. The van der Waals surface area contributed by atoms with E-state index in [0.717, 1.165) is 32.1 Å². The molecule has 27 heavy (non-hydrogen) atoms. The summed E-state index contributed by atoms with van der Waals surface area (Å²) in [5, 5.41) is 10.8. The first-order valence-electron chi connectivity index (χ1n) is 9.32. The molecule has 5 heteroatoms. The number of nitro benzene ring substituents is 1. The second kappa shape index (κ2) is 6.99. The lowest BCUT2D eigenvalue weighted by atomic mass is 9.75. The maximum atomic E-state index is 12.7. The van der Waals surface area contributed by atoms with Crippen LogP contribution < -0.4 is 0 Å². The van der Waals surface area contributed by atoms with Gasteiger partial charge in [-0.1, -0.05) is 36.4 Å². The number of rotatable bonds is 4.